The molecular formula is C24H20BrNO3. The van der Waals surface area contributed by atoms with E-state index in [9.17, 15) is 9.90 Å². The molecule has 29 heavy (non-hydrogen) atoms. The number of carboxylic acid groups (broad SMARTS) is 1. The highest BCUT2D eigenvalue weighted by molar-refractivity contribution is 9.10. The molecule has 0 amide bonds. The molecule has 1 heterocycles. The zero-order valence-corrected chi connectivity index (χ0v) is 17.4. The normalized spacial score (nSPS) is 21.5. The largest absolute Gasteiger partial charge is 0.496 e. The molecule has 4 nitrogen and oxygen atoms in total. The van der Waals surface area contributed by atoms with Gasteiger partial charge in [-0.25, -0.2) is 4.79 Å². The molecule has 0 saturated heterocycles. The van der Waals surface area contributed by atoms with E-state index in [4.69, 9.17) is 4.74 Å². The van der Waals surface area contributed by atoms with E-state index in [1.54, 1.807) is 13.2 Å². The summed E-state index contributed by atoms with van der Waals surface area (Å²) in [5.74, 6) is 0.304. The highest BCUT2D eigenvalue weighted by atomic mass is 79.9. The van der Waals surface area contributed by atoms with Gasteiger partial charge in [-0.1, -0.05) is 52.3 Å². The van der Waals surface area contributed by atoms with Crippen molar-refractivity contribution in [3.05, 3.63) is 93.0 Å². The van der Waals surface area contributed by atoms with Crippen LogP contribution in [0.5, 0.6) is 5.75 Å². The highest BCUT2D eigenvalue weighted by Gasteiger charge is 2.45. The van der Waals surface area contributed by atoms with Crippen LogP contribution in [0.3, 0.4) is 0 Å². The molecule has 146 valence electrons. The first-order chi connectivity index (χ1) is 14.1. The van der Waals surface area contributed by atoms with Gasteiger partial charge in [0.2, 0.25) is 0 Å². The van der Waals surface area contributed by atoms with Gasteiger partial charge in [-0.3, -0.25) is 0 Å². The molecular weight excluding hydrogens is 430 g/mol. The summed E-state index contributed by atoms with van der Waals surface area (Å²) < 4.78 is 6.64. The number of hydrogen-bond donors (Lipinski definition) is 2. The Labute approximate surface area is 177 Å². The number of ether oxygens (including phenoxy) is 1. The van der Waals surface area contributed by atoms with E-state index in [0.717, 1.165) is 27.8 Å². The number of fused-ring (bicyclic) bond motifs is 5. The molecule has 0 saturated carbocycles. The number of aromatic carboxylic acids is 1. The van der Waals surface area contributed by atoms with Crippen LogP contribution in [-0.2, 0) is 6.42 Å². The number of halogens is 1. The van der Waals surface area contributed by atoms with Crippen molar-refractivity contribution >= 4 is 27.6 Å². The van der Waals surface area contributed by atoms with Crippen molar-refractivity contribution in [1.82, 2.24) is 0 Å². The van der Waals surface area contributed by atoms with Gasteiger partial charge in [0.05, 0.1) is 24.4 Å². The molecule has 5 heteroatoms. The molecule has 1 aliphatic carbocycles. The molecule has 3 aromatic rings. The van der Waals surface area contributed by atoms with E-state index in [0.29, 0.717) is 11.3 Å². The lowest BCUT2D eigenvalue weighted by molar-refractivity contribution is 0.0697. The summed E-state index contributed by atoms with van der Waals surface area (Å²) in [5.41, 5.74) is 5.74. The quantitative estimate of drug-likeness (QED) is 0.544. The zero-order valence-electron chi connectivity index (χ0n) is 15.9. The minimum atomic E-state index is -0.918. The first-order valence-electron chi connectivity index (χ1n) is 9.62. The summed E-state index contributed by atoms with van der Waals surface area (Å²) in [4.78, 5) is 12.0. The highest BCUT2D eigenvalue weighted by Crippen LogP contribution is 2.55. The first kappa shape index (κ1) is 18.3. The second-order valence-corrected chi connectivity index (χ2v) is 8.54. The summed E-state index contributed by atoms with van der Waals surface area (Å²) >= 11 is 3.59. The molecule has 1 aliphatic heterocycles. The van der Waals surface area contributed by atoms with E-state index in [1.165, 1.54) is 11.1 Å². The van der Waals surface area contributed by atoms with Crippen LogP contribution in [0.4, 0.5) is 5.69 Å². The summed E-state index contributed by atoms with van der Waals surface area (Å²) in [6, 6.07) is 20.0. The number of carbonyl (C=O) groups is 1. The van der Waals surface area contributed by atoms with Crippen molar-refractivity contribution in [2.75, 3.05) is 12.4 Å². The number of rotatable bonds is 3. The van der Waals surface area contributed by atoms with Crippen molar-refractivity contribution < 1.29 is 14.6 Å². The third-order valence-electron chi connectivity index (χ3n) is 6.19. The summed E-state index contributed by atoms with van der Waals surface area (Å²) in [6.07, 6.45) is 0.935. The second kappa shape index (κ2) is 6.92. The smallest absolute Gasteiger partial charge is 0.337 e. The Balaban J connectivity index is 1.75. The molecule has 2 aliphatic rings. The number of para-hydroxylation sites is 1. The third-order valence-corrected chi connectivity index (χ3v) is 6.68. The standard InChI is InChI=1S/C24H20BrNO3/c1-29-20-10-9-14(25)12-18(20)23-19-11-13-5-2-3-6-15(13)21(19)16-7-4-8-17(24(27)28)22(16)26-23/h2-10,12,19,21,23,26H,11H2,1H3,(H,27,28). The van der Waals surface area contributed by atoms with Gasteiger partial charge >= 0.3 is 5.97 Å². The van der Waals surface area contributed by atoms with Crippen LogP contribution in [0, 0.1) is 5.92 Å². The lowest BCUT2D eigenvalue weighted by Gasteiger charge is -2.39. The Hall–Kier alpha value is -2.79. The maximum atomic E-state index is 12.0. The Morgan fingerprint density at radius 1 is 1.07 bits per heavy atom. The number of anilines is 1. The summed E-state index contributed by atoms with van der Waals surface area (Å²) in [5, 5.41) is 13.4. The predicted molar refractivity (Wildman–Crippen MR) is 116 cm³/mol. The second-order valence-electron chi connectivity index (χ2n) is 7.63. The molecule has 0 radical (unpaired) electrons. The SMILES string of the molecule is COc1ccc(Br)cc1C1Nc2c(C(=O)O)cccc2C2c3ccccc3CC12. The average molecular weight is 450 g/mol. The van der Waals surface area contributed by atoms with E-state index in [-0.39, 0.29) is 17.9 Å². The average Bonchev–Trinajstić information content (AvgIpc) is 3.12. The van der Waals surface area contributed by atoms with Crippen LogP contribution in [0.25, 0.3) is 0 Å². The molecule has 0 fully saturated rings. The molecule has 3 atom stereocenters. The van der Waals surface area contributed by atoms with Gasteiger partial charge in [0.25, 0.3) is 0 Å². The Bertz CT molecular complexity index is 1130. The lowest BCUT2D eigenvalue weighted by atomic mass is 9.75. The van der Waals surface area contributed by atoms with Gasteiger partial charge < -0.3 is 15.2 Å². The molecule has 0 spiro atoms. The predicted octanol–water partition coefficient (Wildman–Crippen LogP) is 5.63. The molecule has 0 aromatic heterocycles. The van der Waals surface area contributed by atoms with E-state index in [1.807, 2.05) is 18.2 Å². The topological polar surface area (TPSA) is 58.6 Å². The third kappa shape index (κ3) is 2.84. The van der Waals surface area contributed by atoms with Crippen LogP contribution in [0.15, 0.2) is 65.1 Å². The van der Waals surface area contributed by atoms with E-state index >= 15 is 0 Å². The number of hydrogen-bond acceptors (Lipinski definition) is 3. The Morgan fingerprint density at radius 3 is 2.66 bits per heavy atom. The van der Waals surface area contributed by atoms with Gasteiger partial charge in [0.1, 0.15) is 5.75 Å². The first-order valence-corrected chi connectivity index (χ1v) is 10.4. The molecule has 5 rings (SSSR count). The number of methoxy groups -OCH3 is 1. The maximum absolute atomic E-state index is 12.0. The minimum Gasteiger partial charge on any atom is -0.496 e. The lowest BCUT2D eigenvalue weighted by Crippen LogP contribution is -2.31. The van der Waals surface area contributed by atoms with Crippen molar-refractivity contribution in [3.63, 3.8) is 0 Å². The Morgan fingerprint density at radius 2 is 1.86 bits per heavy atom. The van der Waals surface area contributed by atoms with Crippen LogP contribution < -0.4 is 10.1 Å². The van der Waals surface area contributed by atoms with E-state index in [2.05, 4.69) is 57.6 Å². The summed E-state index contributed by atoms with van der Waals surface area (Å²) in [7, 11) is 1.67. The fourth-order valence-corrected chi connectivity index (χ4v) is 5.40. The van der Waals surface area contributed by atoms with Crippen molar-refractivity contribution in [2.24, 2.45) is 5.92 Å². The fraction of sp³-hybridized carbons (Fsp3) is 0.208. The van der Waals surface area contributed by atoms with Crippen LogP contribution in [-0.4, -0.2) is 18.2 Å². The number of benzene rings is 3. The number of nitrogens with one attached hydrogen (secondary N) is 1. The Kier molecular flexibility index (Phi) is 4.36. The number of carboxylic acids is 1. The van der Waals surface area contributed by atoms with Crippen molar-refractivity contribution in [3.8, 4) is 5.75 Å². The van der Waals surface area contributed by atoms with Gasteiger partial charge in [-0.2, -0.15) is 0 Å². The zero-order chi connectivity index (χ0) is 20.1. The van der Waals surface area contributed by atoms with Gasteiger partial charge in [-0.15, -0.1) is 0 Å². The van der Waals surface area contributed by atoms with E-state index < -0.39 is 5.97 Å². The molecule has 2 N–H and O–H groups in total. The van der Waals surface area contributed by atoms with Crippen LogP contribution in [0.2, 0.25) is 0 Å². The molecule has 3 unspecified atom stereocenters. The molecule has 0 bridgehead atoms. The maximum Gasteiger partial charge on any atom is 0.337 e. The molecule has 3 aromatic carbocycles. The van der Waals surface area contributed by atoms with Crippen molar-refractivity contribution in [1.29, 1.82) is 0 Å². The van der Waals surface area contributed by atoms with Crippen LogP contribution in [0.1, 0.15) is 44.6 Å². The van der Waals surface area contributed by atoms with Gasteiger partial charge in [0, 0.05) is 16.0 Å². The van der Waals surface area contributed by atoms with Gasteiger partial charge in [-0.05, 0) is 53.3 Å². The fourth-order valence-electron chi connectivity index (χ4n) is 5.02. The summed E-state index contributed by atoms with van der Waals surface area (Å²) in [6.45, 7) is 0. The van der Waals surface area contributed by atoms with Gasteiger partial charge in [0.15, 0.2) is 0 Å². The monoisotopic (exact) mass is 449 g/mol. The van der Waals surface area contributed by atoms with Crippen molar-refractivity contribution in [2.45, 2.75) is 18.4 Å². The minimum absolute atomic E-state index is 0.0622. The van der Waals surface area contributed by atoms with Crippen LogP contribution >= 0.6 is 15.9 Å².